The molecule has 202 valence electrons. The number of urea groups is 1. The number of rotatable bonds is 6. The summed E-state index contributed by atoms with van der Waals surface area (Å²) in [5.41, 5.74) is 1.67. The quantitative estimate of drug-likeness (QED) is 0.524. The van der Waals surface area contributed by atoms with E-state index >= 15 is 0 Å². The van der Waals surface area contributed by atoms with Crippen LogP contribution in [0.3, 0.4) is 0 Å². The van der Waals surface area contributed by atoms with Gasteiger partial charge < -0.3 is 15.0 Å². The van der Waals surface area contributed by atoms with Crippen molar-refractivity contribution in [2.75, 3.05) is 39.8 Å². The van der Waals surface area contributed by atoms with E-state index in [4.69, 9.17) is 27.9 Å². The summed E-state index contributed by atoms with van der Waals surface area (Å²) >= 11 is 12.7. The number of nitrogens with zero attached hydrogens (tertiary/aromatic N) is 3. The summed E-state index contributed by atoms with van der Waals surface area (Å²) < 4.78 is 18.7. The molecule has 3 amide bonds. The van der Waals surface area contributed by atoms with Crippen molar-refractivity contribution < 1.29 is 23.5 Å². The second-order valence-corrected chi connectivity index (χ2v) is 10.0. The summed E-state index contributed by atoms with van der Waals surface area (Å²) in [6.07, 6.45) is 0. The first-order valence-corrected chi connectivity index (χ1v) is 13.0. The van der Waals surface area contributed by atoms with Gasteiger partial charge in [0.15, 0.2) is 0 Å². The third kappa shape index (κ3) is 5.65. The second-order valence-electron chi connectivity index (χ2n) is 9.25. The zero-order valence-electron chi connectivity index (χ0n) is 21.3. The molecule has 1 saturated heterocycles. The number of halogens is 3. The maximum Gasteiger partial charge on any atom is 0.338 e. The third-order valence-electron chi connectivity index (χ3n) is 6.80. The summed E-state index contributed by atoms with van der Waals surface area (Å²) in [7, 11) is 1.59. The molecule has 8 nitrogen and oxygen atoms in total. The minimum absolute atomic E-state index is 0.157. The van der Waals surface area contributed by atoms with E-state index in [0.29, 0.717) is 41.5 Å². The van der Waals surface area contributed by atoms with E-state index in [0.717, 1.165) is 0 Å². The molecule has 0 radical (unpaired) electrons. The number of ether oxygens (including phenoxy) is 1. The van der Waals surface area contributed by atoms with Gasteiger partial charge in [0.1, 0.15) is 5.82 Å². The number of hydrogen-bond acceptors (Lipinski definition) is 5. The Balaban J connectivity index is 1.62. The normalized spacial score (nSPS) is 20.4. The third-order valence-corrected chi connectivity index (χ3v) is 7.64. The van der Waals surface area contributed by atoms with Gasteiger partial charge in [0, 0.05) is 50.5 Å². The van der Waals surface area contributed by atoms with Crippen molar-refractivity contribution in [3.05, 3.63) is 80.7 Å². The lowest BCUT2D eigenvalue weighted by Gasteiger charge is -2.42. The molecule has 4 rings (SSSR count). The van der Waals surface area contributed by atoms with E-state index in [1.807, 2.05) is 6.92 Å². The van der Waals surface area contributed by atoms with Gasteiger partial charge in [-0.15, -0.1) is 0 Å². The number of carbonyl (C=O) groups is 3. The molecule has 0 unspecified atom stereocenters. The predicted molar refractivity (Wildman–Crippen MR) is 142 cm³/mol. The van der Waals surface area contributed by atoms with E-state index in [1.165, 1.54) is 29.2 Å². The molecule has 2 aliphatic rings. The molecule has 1 N–H and O–H groups in total. The van der Waals surface area contributed by atoms with Gasteiger partial charge in [-0.25, -0.2) is 14.0 Å². The Morgan fingerprint density at radius 3 is 2.50 bits per heavy atom. The molecule has 2 atom stereocenters. The largest absolute Gasteiger partial charge is 0.463 e. The van der Waals surface area contributed by atoms with Gasteiger partial charge in [0.2, 0.25) is 0 Å². The number of carbonyl (C=O) groups excluding carboxylic acids is 3. The van der Waals surface area contributed by atoms with Crippen molar-refractivity contribution in [1.29, 1.82) is 0 Å². The smallest absolute Gasteiger partial charge is 0.338 e. The van der Waals surface area contributed by atoms with Crippen LogP contribution in [-0.2, 0) is 9.53 Å². The molecule has 0 saturated carbocycles. The van der Waals surface area contributed by atoms with E-state index in [-0.39, 0.29) is 35.7 Å². The van der Waals surface area contributed by atoms with E-state index in [9.17, 15) is 18.8 Å². The van der Waals surface area contributed by atoms with Crippen LogP contribution in [0.5, 0.6) is 0 Å². The molecular formula is C27H29Cl2FN4O4. The van der Waals surface area contributed by atoms with Crippen LogP contribution in [0.4, 0.5) is 9.18 Å². The molecule has 38 heavy (non-hydrogen) atoms. The number of piperazine rings is 1. The van der Waals surface area contributed by atoms with Gasteiger partial charge in [-0.2, -0.15) is 0 Å². The van der Waals surface area contributed by atoms with Crippen LogP contribution in [0.25, 0.3) is 0 Å². The van der Waals surface area contributed by atoms with Crippen molar-refractivity contribution in [2.45, 2.75) is 25.9 Å². The first-order valence-electron chi connectivity index (χ1n) is 12.3. The summed E-state index contributed by atoms with van der Waals surface area (Å²) in [4.78, 5) is 44.5. The SMILES string of the molecule is CCOC(=O)C1=C(CN2CCN(C(=O)c3ccc(F)cc3)[C@H](C)C2)N(C)C(=O)N[C@H]1c1cccc(Cl)c1Cl. The van der Waals surface area contributed by atoms with Crippen LogP contribution >= 0.6 is 23.2 Å². The van der Waals surface area contributed by atoms with Crippen LogP contribution in [0.15, 0.2) is 53.7 Å². The zero-order valence-corrected chi connectivity index (χ0v) is 22.9. The average Bonchev–Trinajstić information content (AvgIpc) is 2.88. The van der Waals surface area contributed by atoms with Gasteiger partial charge in [-0.1, -0.05) is 35.3 Å². The molecule has 1 fully saturated rings. The van der Waals surface area contributed by atoms with Crippen molar-refractivity contribution in [2.24, 2.45) is 0 Å². The number of esters is 1. The van der Waals surface area contributed by atoms with E-state index < -0.39 is 23.9 Å². The fraction of sp³-hybridized carbons (Fsp3) is 0.370. The fourth-order valence-corrected chi connectivity index (χ4v) is 5.24. The van der Waals surface area contributed by atoms with Crippen molar-refractivity contribution in [3.63, 3.8) is 0 Å². The molecular weight excluding hydrogens is 534 g/mol. The van der Waals surface area contributed by atoms with Crippen molar-refractivity contribution >= 4 is 41.1 Å². The lowest BCUT2D eigenvalue weighted by Crippen LogP contribution is -2.56. The molecule has 2 aromatic carbocycles. The van der Waals surface area contributed by atoms with Crippen LogP contribution < -0.4 is 5.32 Å². The molecule has 0 aliphatic carbocycles. The van der Waals surface area contributed by atoms with Crippen LogP contribution in [-0.4, -0.2) is 78.5 Å². The Kier molecular flexibility index (Phi) is 8.60. The minimum atomic E-state index is -0.849. The standard InChI is InChI=1S/C27H29Cl2FN4O4/c1-4-38-26(36)22-21(32(3)27(37)31-24(22)19-6-5-7-20(28)23(19)29)15-33-12-13-34(16(2)14-33)25(35)17-8-10-18(30)11-9-17/h5-11,16,24H,4,12-15H2,1-3H3,(H,31,37)/t16-,24+/m1/s1. The lowest BCUT2D eigenvalue weighted by atomic mass is 9.94. The average molecular weight is 563 g/mol. The maximum absolute atomic E-state index is 13.3. The summed E-state index contributed by atoms with van der Waals surface area (Å²) in [5, 5.41) is 3.39. The first-order chi connectivity index (χ1) is 18.1. The Hall–Kier alpha value is -3.14. The molecule has 11 heteroatoms. The van der Waals surface area contributed by atoms with Crippen LogP contribution in [0, 0.1) is 5.82 Å². The predicted octanol–water partition coefficient (Wildman–Crippen LogP) is 4.49. The Morgan fingerprint density at radius 1 is 1.13 bits per heavy atom. The second kappa shape index (κ2) is 11.7. The van der Waals surface area contributed by atoms with Gasteiger partial charge in [0.25, 0.3) is 5.91 Å². The highest BCUT2D eigenvalue weighted by Gasteiger charge is 2.39. The van der Waals surface area contributed by atoms with E-state index in [1.54, 1.807) is 37.1 Å². The maximum atomic E-state index is 13.3. The monoisotopic (exact) mass is 562 g/mol. The van der Waals surface area contributed by atoms with Gasteiger partial charge >= 0.3 is 12.0 Å². The highest BCUT2D eigenvalue weighted by molar-refractivity contribution is 6.42. The first kappa shape index (κ1) is 27.9. The molecule has 0 spiro atoms. The van der Waals surface area contributed by atoms with Crippen LogP contribution in [0.2, 0.25) is 10.0 Å². The number of amides is 3. The Bertz CT molecular complexity index is 1270. The molecule has 0 bridgehead atoms. The van der Waals surface area contributed by atoms with Gasteiger partial charge in [-0.05, 0) is 49.7 Å². The lowest BCUT2D eigenvalue weighted by molar-refractivity contribution is -0.139. The molecule has 2 aromatic rings. The summed E-state index contributed by atoms with van der Waals surface area (Å²) in [6.45, 7) is 5.52. The molecule has 0 aromatic heterocycles. The number of nitrogens with one attached hydrogen (secondary N) is 1. The number of likely N-dealkylation sites (N-methyl/N-ethyl adjacent to an activating group) is 1. The summed E-state index contributed by atoms with van der Waals surface area (Å²) in [6, 6.07) is 9.13. The number of benzene rings is 2. The Morgan fingerprint density at radius 2 is 1.84 bits per heavy atom. The highest BCUT2D eigenvalue weighted by atomic mass is 35.5. The van der Waals surface area contributed by atoms with Crippen molar-refractivity contribution in [1.82, 2.24) is 20.0 Å². The minimum Gasteiger partial charge on any atom is -0.463 e. The highest BCUT2D eigenvalue weighted by Crippen LogP contribution is 2.37. The van der Waals surface area contributed by atoms with E-state index in [2.05, 4.69) is 10.2 Å². The van der Waals surface area contributed by atoms with Gasteiger partial charge in [-0.3, -0.25) is 14.6 Å². The zero-order chi connectivity index (χ0) is 27.6. The van der Waals surface area contributed by atoms with Crippen molar-refractivity contribution in [3.8, 4) is 0 Å². The molecule has 2 aliphatic heterocycles. The van der Waals surface area contributed by atoms with Gasteiger partial charge in [0.05, 0.1) is 28.3 Å². The topological polar surface area (TPSA) is 82.2 Å². The summed E-state index contributed by atoms with van der Waals surface area (Å²) in [5.74, 6) is -1.13. The molecule has 2 heterocycles. The Labute approximate surface area is 230 Å². The fourth-order valence-electron chi connectivity index (χ4n) is 4.82. The number of hydrogen-bond donors (Lipinski definition) is 1. The van der Waals surface area contributed by atoms with Crippen LogP contribution in [0.1, 0.15) is 35.8 Å².